The second-order valence-electron chi connectivity index (χ2n) is 4.76. The molecule has 0 amide bonds. The van der Waals surface area contributed by atoms with E-state index in [1.165, 1.54) is 26.8 Å². The first-order chi connectivity index (χ1) is 9.28. The number of rotatable bonds is 4. The second kappa shape index (κ2) is 5.21. The number of fused-ring (bicyclic) bond motifs is 1. The third-order valence-corrected chi connectivity index (χ3v) is 4.86. The van der Waals surface area contributed by atoms with Crippen molar-refractivity contribution >= 4 is 17.4 Å². The summed E-state index contributed by atoms with van der Waals surface area (Å²) in [6.07, 6.45) is 9.96. The zero-order chi connectivity index (χ0) is 13.2. The molecule has 19 heavy (non-hydrogen) atoms. The highest BCUT2D eigenvalue weighted by Crippen LogP contribution is 2.23. The molecule has 2 heterocycles. The molecule has 0 fully saturated rings. The molecule has 0 aliphatic heterocycles. The van der Waals surface area contributed by atoms with Gasteiger partial charge in [-0.05, 0) is 38.7 Å². The van der Waals surface area contributed by atoms with Gasteiger partial charge in [-0.25, -0.2) is 15.0 Å². The fraction of sp³-hybridized carbons (Fsp3) is 0.400. The van der Waals surface area contributed by atoms with Crippen molar-refractivity contribution in [3.63, 3.8) is 0 Å². The lowest BCUT2D eigenvalue weighted by atomic mass is 10.1. The SMILES string of the molecule is CCc1nc(C)c(CCc2ncnc3c2CC=C3)s1. The van der Waals surface area contributed by atoms with Crippen LogP contribution in [-0.2, 0) is 25.7 Å². The second-order valence-corrected chi connectivity index (χ2v) is 5.93. The summed E-state index contributed by atoms with van der Waals surface area (Å²) in [6, 6.07) is 0. The van der Waals surface area contributed by atoms with Crippen LogP contribution in [-0.4, -0.2) is 15.0 Å². The summed E-state index contributed by atoms with van der Waals surface area (Å²) in [7, 11) is 0. The quantitative estimate of drug-likeness (QED) is 0.857. The lowest BCUT2D eigenvalue weighted by molar-refractivity contribution is 0.878. The molecule has 0 bridgehead atoms. The van der Waals surface area contributed by atoms with E-state index >= 15 is 0 Å². The molecule has 0 radical (unpaired) electrons. The van der Waals surface area contributed by atoms with E-state index in [1.807, 2.05) is 11.3 Å². The molecule has 0 unspecified atom stereocenters. The zero-order valence-corrected chi connectivity index (χ0v) is 12.1. The standard InChI is InChI=1S/C15H17N3S/c1-3-15-18-10(2)14(19-15)8-7-13-11-5-4-6-12(11)16-9-17-13/h4,6,9H,3,5,7-8H2,1-2H3. The Morgan fingerprint density at radius 1 is 1.26 bits per heavy atom. The normalized spacial score (nSPS) is 12.9. The van der Waals surface area contributed by atoms with Crippen LogP contribution in [0.1, 0.15) is 39.5 Å². The van der Waals surface area contributed by atoms with Gasteiger partial charge in [0.2, 0.25) is 0 Å². The van der Waals surface area contributed by atoms with Crippen LogP contribution in [0.25, 0.3) is 6.08 Å². The van der Waals surface area contributed by atoms with Crippen molar-refractivity contribution in [2.45, 2.75) is 39.5 Å². The minimum atomic E-state index is 0.980. The largest absolute Gasteiger partial charge is 0.246 e. The Balaban J connectivity index is 1.76. The molecular weight excluding hydrogens is 254 g/mol. The van der Waals surface area contributed by atoms with Gasteiger partial charge >= 0.3 is 0 Å². The Labute approximate surface area is 117 Å². The van der Waals surface area contributed by atoms with E-state index in [4.69, 9.17) is 0 Å². The van der Waals surface area contributed by atoms with Crippen LogP contribution in [0.2, 0.25) is 0 Å². The highest BCUT2D eigenvalue weighted by Gasteiger charge is 2.13. The van der Waals surface area contributed by atoms with Crippen LogP contribution in [0.5, 0.6) is 0 Å². The summed E-state index contributed by atoms with van der Waals surface area (Å²) >= 11 is 1.84. The third-order valence-electron chi connectivity index (χ3n) is 3.49. The number of hydrogen-bond donors (Lipinski definition) is 0. The molecule has 2 aromatic heterocycles. The smallest absolute Gasteiger partial charge is 0.116 e. The lowest BCUT2D eigenvalue weighted by Gasteiger charge is -2.05. The maximum atomic E-state index is 4.59. The van der Waals surface area contributed by atoms with E-state index in [1.54, 1.807) is 6.33 Å². The van der Waals surface area contributed by atoms with E-state index < -0.39 is 0 Å². The first-order valence-corrected chi connectivity index (χ1v) is 7.54. The Morgan fingerprint density at radius 3 is 2.95 bits per heavy atom. The maximum Gasteiger partial charge on any atom is 0.116 e. The molecule has 2 aromatic rings. The van der Waals surface area contributed by atoms with Crippen molar-refractivity contribution in [1.29, 1.82) is 0 Å². The van der Waals surface area contributed by atoms with E-state index in [0.717, 1.165) is 31.4 Å². The van der Waals surface area contributed by atoms with E-state index in [0.29, 0.717) is 0 Å². The predicted molar refractivity (Wildman–Crippen MR) is 78.4 cm³/mol. The number of thiazole rings is 1. The summed E-state index contributed by atoms with van der Waals surface area (Å²) in [5, 5.41) is 1.24. The van der Waals surface area contributed by atoms with Gasteiger partial charge in [-0.15, -0.1) is 11.3 Å². The molecule has 3 rings (SSSR count). The zero-order valence-electron chi connectivity index (χ0n) is 11.3. The van der Waals surface area contributed by atoms with Crippen LogP contribution >= 0.6 is 11.3 Å². The summed E-state index contributed by atoms with van der Waals surface area (Å²) in [4.78, 5) is 14.7. The third kappa shape index (κ3) is 2.45. The Kier molecular flexibility index (Phi) is 3.42. The molecule has 0 atom stereocenters. The molecule has 0 saturated heterocycles. The molecular formula is C15H17N3S. The van der Waals surface area contributed by atoms with Crippen LogP contribution in [0.15, 0.2) is 12.4 Å². The Morgan fingerprint density at radius 2 is 2.16 bits per heavy atom. The predicted octanol–water partition coefficient (Wildman–Crippen LogP) is 3.16. The monoisotopic (exact) mass is 271 g/mol. The van der Waals surface area contributed by atoms with Gasteiger partial charge in [0, 0.05) is 16.1 Å². The van der Waals surface area contributed by atoms with Crippen LogP contribution in [0, 0.1) is 6.92 Å². The van der Waals surface area contributed by atoms with Crippen molar-refractivity contribution < 1.29 is 0 Å². The number of hydrogen-bond acceptors (Lipinski definition) is 4. The summed E-state index contributed by atoms with van der Waals surface area (Å²) in [6.45, 7) is 4.27. The summed E-state index contributed by atoms with van der Waals surface area (Å²) < 4.78 is 0. The fourth-order valence-corrected chi connectivity index (χ4v) is 3.45. The Bertz CT molecular complexity index is 628. The van der Waals surface area contributed by atoms with Crippen LogP contribution < -0.4 is 0 Å². The average molecular weight is 271 g/mol. The number of aryl methyl sites for hydroxylation is 4. The molecule has 1 aliphatic rings. The van der Waals surface area contributed by atoms with Gasteiger partial charge in [-0.3, -0.25) is 0 Å². The average Bonchev–Trinajstić information content (AvgIpc) is 3.02. The van der Waals surface area contributed by atoms with Gasteiger partial charge < -0.3 is 0 Å². The lowest BCUT2D eigenvalue weighted by Crippen LogP contribution is -2.01. The molecule has 4 heteroatoms. The molecule has 1 aliphatic carbocycles. The molecule has 3 nitrogen and oxygen atoms in total. The molecule has 98 valence electrons. The number of allylic oxidation sites excluding steroid dienone is 1. The summed E-state index contributed by atoms with van der Waals surface area (Å²) in [5.41, 5.74) is 4.78. The molecule has 0 aromatic carbocycles. The van der Waals surface area contributed by atoms with Gasteiger partial charge in [0.1, 0.15) is 6.33 Å². The minimum absolute atomic E-state index is 0.980. The van der Waals surface area contributed by atoms with Gasteiger partial charge in [0.25, 0.3) is 0 Å². The highest BCUT2D eigenvalue weighted by molar-refractivity contribution is 7.11. The van der Waals surface area contributed by atoms with Gasteiger partial charge in [-0.1, -0.05) is 13.0 Å². The fourth-order valence-electron chi connectivity index (χ4n) is 2.44. The van der Waals surface area contributed by atoms with E-state index in [9.17, 15) is 0 Å². The van der Waals surface area contributed by atoms with Crippen molar-refractivity contribution in [3.05, 3.63) is 44.9 Å². The first-order valence-electron chi connectivity index (χ1n) is 6.72. The first kappa shape index (κ1) is 12.5. The van der Waals surface area contributed by atoms with E-state index in [-0.39, 0.29) is 0 Å². The highest BCUT2D eigenvalue weighted by atomic mass is 32.1. The Hall–Kier alpha value is -1.55. The van der Waals surface area contributed by atoms with Gasteiger partial charge in [-0.2, -0.15) is 0 Å². The molecule has 0 saturated carbocycles. The van der Waals surface area contributed by atoms with Gasteiger partial charge in [0.15, 0.2) is 0 Å². The van der Waals surface area contributed by atoms with Crippen molar-refractivity contribution in [2.75, 3.05) is 0 Å². The molecule has 0 spiro atoms. The van der Waals surface area contributed by atoms with Crippen molar-refractivity contribution in [3.8, 4) is 0 Å². The minimum Gasteiger partial charge on any atom is -0.246 e. The van der Waals surface area contributed by atoms with E-state index in [2.05, 4.69) is 41.0 Å². The summed E-state index contributed by atoms with van der Waals surface area (Å²) in [5.74, 6) is 0. The van der Waals surface area contributed by atoms with Crippen molar-refractivity contribution in [2.24, 2.45) is 0 Å². The molecule has 0 N–H and O–H groups in total. The van der Waals surface area contributed by atoms with Crippen molar-refractivity contribution in [1.82, 2.24) is 15.0 Å². The topological polar surface area (TPSA) is 38.7 Å². The van der Waals surface area contributed by atoms with Crippen LogP contribution in [0.4, 0.5) is 0 Å². The number of nitrogens with zero attached hydrogens (tertiary/aromatic N) is 3. The maximum absolute atomic E-state index is 4.59. The number of aromatic nitrogens is 3. The van der Waals surface area contributed by atoms with Crippen LogP contribution in [0.3, 0.4) is 0 Å². The van der Waals surface area contributed by atoms with Gasteiger partial charge in [0.05, 0.1) is 16.4 Å².